The second-order valence-electron chi connectivity index (χ2n) is 4.76. The summed E-state index contributed by atoms with van der Waals surface area (Å²) in [6.45, 7) is -0.380. The molecule has 1 aliphatic carbocycles. The Morgan fingerprint density at radius 2 is 2.00 bits per heavy atom. The number of carbonyl (C=O) groups is 1. The Labute approximate surface area is 92.8 Å². The lowest BCUT2D eigenvalue weighted by atomic mass is 9.95. The number of ketones is 1. The summed E-state index contributed by atoms with van der Waals surface area (Å²) in [5.74, 6) is 0.0314. The second-order valence-corrected chi connectivity index (χ2v) is 4.76. The van der Waals surface area contributed by atoms with Crippen LogP contribution in [0.3, 0.4) is 0 Å². The third kappa shape index (κ3) is 2.56. The molecule has 2 aliphatic rings. The van der Waals surface area contributed by atoms with E-state index in [0.717, 1.165) is 25.7 Å². The van der Waals surface area contributed by atoms with Gasteiger partial charge in [0.05, 0.1) is 6.54 Å². The Kier molecular flexibility index (Phi) is 3.24. The summed E-state index contributed by atoms with van der Waals surface area (Å²) >= 11 is 0. The normalized spacial score (nSPS) is 32.6. The highest BCUT2D eigenvalue weighted by Crippen LogP contribution is 2.34. The maximum Gasteiger partial charge on any atom is 0.401 e. The number of halogens is 3. The van der Waals surface area contributed by atoms with E-state index in [4.69, 9.17) is 0 Å². The largest absolute Gasteiger partial charge is 0.401 e. The molecule has 16 heavy (non-hydrogen) atoms. The highest BCUT2D eigenvalue weighted by atomic mass is 19.4. The minimum atomic E-state index is -4.15. The lowest BCUT2D eigenvalue weighted by Crippen LogP contribution is -2.42. The smallest absolute Gasteiger partial charge is 0.299 e. The van der Waals surface area contributed by atoms with Crippen LogP contribution in [0.1, 0.15) is 32.1 Å². The molecule has 2 atom stereocenters. The van der Waals surface area contributed by atoms with Crippen LogP contribution in [0.4, 0.5) is 13.2 Å². The van der Waals surface area contributed by atoms with Gasteiger partial charge in [-0.25, -0.2) is 0 Å². The van der Waals surface area contributed by atoms with E-state index in [1.54, 1.807) is 0 Å². The number of likely N-dealkylation sites (tertiary alicyclic amines) is 1. The Morgan fingerprint density at radius 3 is 2.56 bits per heavy atom. The summed E-state index contributed by atoms with van der Waals surface area (Å²) < 4.78 is 37.0. The van der Waals surface area contributed by atoms with E-state index >= 15 is 0 Å². The fourth-order valence-corrected chi connectivity index (χ4v) is 2.98. The third-order valence-corrected chi connectivity index (χ3v) is 3.61. The molecule has 2 unspecified atom stereocenters. The van der Waals surface area contributed by atoms with Gasteiger partial charge in [-0.05, 0) is 32.2 Å². The van der Waals surface area contributed by atoms with Crippen LogP contribution >= 0.6 is 0 Å². The SMILES string of the molecule is O=C1CCCC1C1CCCN1CC(F)(F)F. The van der Waals surface area contributed by atoms with Gasteiger partial charge in [-0.15, -0.1) is 0 Å². The third-order valence-electron chi connectivity index (χ3n) is 3.61. The van der Waals surface area contributed by atoms with Crippen LogP contribution in [0.5, 0.6) is 0 Å². The highest BCUT2D eigenvalue weighted by Gasteiger charge is 2.42. The first kappa shape index (κ1) is 11.9. The summed E-state index contributed by atoms with van der Waals surface area (Å²) in [5.41, 5.74) is 0. The predicted octanol–water partition coefficient (Wildman–Crippen LogP) is 2.38. The standard InChI is InChI=1S/C11H16F3NO/c12-11(13,14)7-15-6-2-4-9(15)8-3-1-5-10(8)16/h8-9H,1-7H2. The van der Waals surface area contributed by atoms with Crippen molar-refractivity contribution in [2.45, 2.75) is 44.3 Å². The van der Waals surface area contributed by atoms with Crippen LogP contribution in [0, 0.1) is 5.92 Å². The van der Waals surface area contributed by atoms with Gasteiger partial charge in [-0.1, -0.05) is 0 Å². The van der Waals surface area contributed by atoms with Crippen LogP contribution in [0.15, 0.2) is 0 Å². The van der Waals surface area contributed by atoms with Crippen molar-refractivity contribution >= 4 is 5.78 Å². The average Bonchev–Trinajstić information content (AvgIpc) is 2.71. The minimum Gasteiger partial charge on any atom is -0.299 e. The van der Waals surface area contributed by atoms with Gasteiger partial charge in [0.2, 0.25) is 0 Å². The maximum absolute atomic E-state index is 12.3. The van der Waals surface area contributed by atoms with Gasteiger partial charge < -0.3 is 0 Å². The summed E-state index contributed by atoms with van der Waals surface area (Å²) in [4.78, 5) is 13.0. The zero-order valence-corrected chi connectivity index (χ0v) is 9.09. The molecule has 0 bridgehead atoms. The molecule has 0 radical (unpaired) electrons. The summed E-state index contributed by atoms with van der Waals surface area (Å²) in [7, 11) is 0. The molecule has 1 aliphatic heterocycles. The molecule has 2 fully saturated rings. The second kappa shape index (κ2) is 4.35. The first-order chi connectivity index (χ1) is 7.47. The minimum absolute atomic E-state index is 0.134. The maximum atomic E-state index is 12.3. The monoisotopic (exact) mass is 235 g/mol. The molecule has 1 saturated heterocycles. The Balaban J connectivity index is 2.00. The number of hydrogen-bond donors (Lipinski definition) is 0. The molecule has 0 aromatic rings. The quantitative estimate of drug-likeness (QED) is 0.732. The summed E-state index contributed by atoms with van der Waals surface area (Å²) in [5, 5.41) is 0. The van der Waals surface area contributed by atoms with Gasteiger partial charge >= 0.3 is 6.18 Å². The van der Waals surface area contributed by atoms with E-state index in [1.165, 1.54) is 4.90 Å². The van der Waals surface area contributed by atoms with Crippen LogP contribution in [0.25, 0.3) is 0 Å². The van der Waals surface area contributed by atoms with E-state index in [9.17, 15) is 18.0 Å². The van der Waals surface area contributed by atoms with Gasteiger partial charge in [-0.3, -0.25) is 9.69 Å². The molecular weight excluding hydrogens is 219 g/mol. The Morgan fingerprint density at radius 1 is 1.25 bits per heavy atom. The van der Waals surface area contributed by atoms with Gasteiger partial charge in [0, 0.05) is 18.4 Å². The van der Waals surface area contributed by atoms with E-state index in [0.29, 0.717) is 13.0 Å². The van der Waals surface area contributed by atoms with E-state index < -0.39 is 12.7 Å². The molecule has 0 aromatic carbocycles. The molecule has 1 heterocycles. The Hall–Kier alpha value is -0.580. The summed E-state index contributed by atoms with van der Waals surface area (Å²) in [6, 6.07) is -0.156. The van der Waals surface area contributed by atoms with E-state index in [1.807, 2.05) is 0 Å². The molecule has 92 valence electrons. The van der Waals surface area contributed by atoms with E-state index in [-0.39, 0.29) is 17.7 Å². The van der Waals surface area contributed by atoms with Crippen molar-refractivity contribution in [1.82, 2.24) is 4.90 Å². The lowest BCUT2D eigenvalue weighted by Gasteiger charge is -2.29. The van der Waals surface area contributed by atoms with Crippen molar-refractivity contribution in [3.8, 4) is 0 Å². The predicted molar refractivity (Wildman–Crippen MR) is 53.0 cm³/mol. The average molecular weight is 235 g/mol. The van der Waals surface area contributed by atoms with E-state index in [2.05, 4.69) is 0 Å². The van der Waals surface area contributed by atoms with Crippen LogP contribution in [0.2, 0.25) is 0 Å². The van der Waals surface area contributed by atoms with Crippen molar-refractivity contribution in [2.75, 3.05) is 13.1 Å². The van der Waals surface area contributed by atoms with Gasteiger partial charge in [0.1, 0.15) is 5.78 Å². The topological polar surface area (TPSA) is 20.3 Å². The lowest BCUT2D eigenvalue weighted by molar-refractivity contribution is -0.151. The van der Waals surface area contributed by atoms with Gasteiger partial charge in [-0.2, -0.15) is 13.2 Å². The van der Waals surface area contributed by atoms with Crippen molar-refractivity contribution in [2.24, 2.45) is 5.92 Å². The number of rotatable bonds is 2. The zero-order valence-electron chi connectivity index (χ0n) is 9.09. The first-order valence-corrected chi connectivity index (χ1v) is 5.81. The van der Waals surface area contributed by atoms with Crippen molar-refractivity contribution in [3.05, 3.63) is 0 Å². The number of hydrogen-bond acceptors (Lipinski definition) is 2. The fraction of sp³-hybridized carbons (Fsp3) is 0.909. The van der Waals surface area contributed by atoms with Gasteiger partial charge in [0.25, 0.3) is 0 Å². The molecule has 2 rings (SSSR count). The van der Waals surface area contributed by atoms with Crippen LogP contribution in [-0.2, 0) is 4.79 Å². The van der Waals surface area contributed by atoms with Gasteiger partial charge in [0.15, 0.2) is 0 Å². The number of alkyl halides is 3. The molecule has 1 saturated carbocycles. The molecule has 0 spiro atoms. The molecule has 2 nitrogen and oxygen atoms in total. The first-order valence-electron chi connectivity index (χ1n) is 5.81. The number of nitrogens with zero attached hydrogens (tertiary/aromatic N) is 1. The summed E-state index contributed by atoms with van der Waals surface area (Å²) in [6.07, 6.45) is -0.444. The molecular formula is C11H16F3NO. The Bertz CT molecular complexity index is 277. The van der Waals surface area contributed by atoms with Crippen LogP contribution < -0.4 is 0 Å². The fourth-order valence-electron chi connectivity index (χ4n) is 2.98. The van der Waals surface area contributed by atoms with Crippen LogP contribution in [-0.4, -0.2) is 36.0 Å². The van der Waals surface area contributed by atoms with Crippen molar-refractivity contribution < 1.29 is 18.0 Å². The zero-order chi connectivity index (χ0) is 11.8. The molecule has 0 aromatic heterocycles. The number of Topliss-reactive ketones (excluding diaryl/α,β-unsaturated/α-hetero) is 1. The van der Waals surface area contributed by atoms with Crippen molar-refractivity contribution in [1.29, 1.82) is 0 Å². The van der Waals surface area contributed by atoms with Crippen molar-refractivity contribution in [3.63, 3.8) is 0 Å². The highest BCUT2D eigenvalue weighted by molar-refractivity contribution is 5.83. The molecule has 0 amide bonds. The molecule has 5 heteroatoms. The number of carbonyl (C=O) groups excluding carboxylic acids is 1. The molecule has 0 N–H and O–H groups in total.